The summed E-state index contributed by atoms with van der Waals surface area (Å²) in [4.78, 5) is 41.9. The number of amides is 2. The molecule has 10 nitrogen and oxygen atoms in total. The third kappa shape index (κ3) is 3.62. The molecule has 0 aliphatic carbocycles. The maximum atomic E-state index is 14.2. The van der Waals surface area contributed by atoms with Gasteiger partial charge in [-0.15, -0.1) is 0 Å². The first kappa shape index (κ1) is 23.5. The predicted molar refractivity (Wildman–Crippen MR) is 120 cm³/mol. The normalized spacial score (nSPS) is 20.9. The Labute approximate surface area is 197 Å². The molecule has 3 N–H and O–H groups in total. The Morgan fingerprint density at radius 2 is 1.97 bits per heavy atom. The molecule has 1 aliphatic rings. The molecule has 1 aliphatic heterocycles. The quantitative estimate of drug-likeness (QED) is 0.370. The summed E-state index contributed by atoms with van der Waals surface area (Å²) in [6, 6.07) is 5.43. The van der Waals surface area contributed by atoms with E-state index in [-0.39, 0.29) is 34.6 Å². The Balaban J connectivity index is 1.68. The molecule has 1 aromatic heterocycles. The van der Waals surface area contributed by atoms with Crippen LogP contribution in [0.3, 0.4) is 0 Å². The molecule has 0 saturated carbocycles. The van der Waals surface area contributed by atoms with Crippen LogP contribution in [0.1, 0.15) is 11.1 Å². The van der Waals surface area contributed by atoms with E-state index in [2.05, 4.69) is 4.98 Å². The van der Waals surface area contributed by atoms with Crippen molar-refractivity contribution in [1.29, 1.82) is 0 Å². The number of fused-ring (bicyclic) bond motifs is 1. The van der Waals surface area contributed by atoms with Gasteiger partial charge in [0.2, 0.25) is 17.4 Å². The number of likely N-dealkylation sites (N-methyl/N-ethyl adjacent to an activating group) is 2. The van der Waals surface area contributed by atoms with Crippen LogP contribution in [0.2, 0.25) is 5.02 Å². The topological polar surface area (TPSA) is 140 Å². The van der Waals surface area contributed by atoms with Crippen LogP contribution in [0, 0.1) is 15.9 Å². The molecule has 1 fully saturated rings. The van der Waals surface area contributed by atoms with E-state index in [1.54, 1.807) is 0 Å². The van der Waals surface area contributed by atoms with Crippen molar-refractivity contribution in [3.63, 3.8) is 0 Å². The second-order valence-corrected chi connectivity index (χ2v) is 8.61. The summed E-state index contributed by atoms with van der Waals surface area (Å²) < 4.78 is 14.2. The number of aromatic hydroxyl groups is 1. The largest absolute Gasteiger partial charge is 0.506 e. The summed E-state index contributed by atoms with van der Waals surface area (Å²) in [5, 5.41) is 32.6. The van der Waals surface area contributed by atoms with Crippen molar-refractivity contribution in [3.05, 3.63) is 68.6 Å². The van der Waals surface area contributed by atoms with Crippen LogP contribution in [0.4, 0.5) is 10.1 Å². The summed E-state index contributed by atoms with van der Waals surface area (Å²) in [5.41, 5.74) is -2.00. The summed E-state index contributed by atoms with van der Waals surface area (Å²) >= 11 is 5.81. The molecule has 12 heteroatoms. The number of benzene rings is 2. The van der Waals surface area contributed by atoms with E-state index < -0.39 is 40.0 Å². The van der Waals surface area contributed by atoms with Crippen LogP contribution >= 0.6 is 11.6 Å². The third-order valence-corrected chi connectivity index (χ3v) is 6.53. The van der Waals surface area contributed by atoms with Crippen molar-refractivity contribution in [3.8, 4) is 5.75 Å². The number of piperazine rings is 1. The number of nitro groups is 1. The molecular weight excluding hydrogens is 471 g/mol. The molecule has 0 spiro atoms. The fourth-order valence-corrected chi connectivity index (χ4v) is 4.42. The number of halogens is 2. The third-order valence-electron chi connectivity index (χ3n) is 6.21. The van der Waals surface area contributed by atoms with Crippen molar-refractivity contribution in [2.75, 3.05) is 14.1 Å². The molecule has 2 heterocycles. The fraction of sp³-hybridized carbons (Fsp3) is 0.273. The summed E-state index contributed by atoms with van der Waals surface area (Å²) in [5.74, 6) is -2.65. The Hall–Kier alpha value is -3.70. The molecule has 0 unspecified atom stereocenters. The highest BCUT2D eigenvalue weighted by Crippen LogP contribution is 2.35. The van der Waals surface area contributed by atoms with Crippen LogP contribution in [0.5, 0.6) is 5.75 Å². The zero-order chi connectivity index (χ0) is 24.9. The van der Waals surface area contributed by atoms with Gasteiger partial charge in [0.05, 0.1) is 20.8 Å². The van der Waals surface area contributed by atoms with E-state index in [9.17, 15) is 34.3 Å². The number of aromatic nitrogens is 1. The van der Waals surface area contributed by atoms with Crippen LogP contribution in [-0.2, 0) is 22.4 Å². The molecular formula is C22H20ClFN4O6. The fourth-order valence-electron chi connectivity index (χ4n) is 4.31. The Morgan fingerprint density at radius 3 is 2.62 bits per heavy atom. The highest BCUT2D eigenvalue weighted by atomic mass is 35.5. The Kier molecular flexibility index (Phi) is 5.70. The number of H-pyrrole nitrogens is 1. The van der Waals surface area contributed by atoms with Gasteiger partial charge in [-0.05, 0) is 35.4 Å². The number of phenolic OH excluding ortho intramolecular Hbond substituents is 1. The number of nitrogens with one attached hydrogen (secondary N) is 1. The molecule has 4 rings (SSSR count). The van der Waals surface area contributed by atoms with Gasteiger partial charge in [-0.3, -0.25) is 19.7 Å². The highest BCUT2D eigenvalue weighted by molar-refractivity contribution is 6.32. The molecule has 0 radical (unpaired) electrons. The van der Waals surface area contributed by atoms with E-state index in [1.807, 2.05) is 0 Å². The van der Waals surface area contributed by atoms with Crippen molar-refractivity contribution in [1.82, 2.24) is 14.8 Å². The van der Waals surface area contributed by atoms with Gasteiger partial charge in [-0.1, -0.05) is 17.7 Å². The minimum atomic E-state index is -2.24. The second-order valence-electron chi connectivity index (χ2n) is 8.20. The first-order chi connectivity index (χ1) is 16.0. The number of phenols is 1. The van der Waals surface area contributed by atoms with E-state index in [0.29, 0.717) is 11.1 Å². The number of nitro benzene ring substituents is 1. The smallest absolute Gasteiger partial charge is 0.314 e. The molecule has 0 bridgehead atoms. The molecule has 178 valence electrons. The molecule has 2 aromatic carbocycles. The van der Waals surface area contributed by atoms with E-state index in [0.717, 1.165) is 15.9 Å². The first-order valence-corrected chi connectivity index (χ1v) is 10.5. The van der Waals surface area contributed by atoms with E-state index >= 15 is 0 Å². The molecule has 3 aromatic rings. The highest BCUT2D eigenvalue weighted by Gasteiger charge is 2.53. The van der Waals surface area contributed by atoms with Gasteiger partial charge >= 0.3 is 5.69 Å². The van der Waals surface area contributed by atoms with Crippen LogP contribution < -0.4 is 0 Å². The zero-order valence-corrected chi connectivity index (χ0v) is 18.8. The molecule has 2 atom stereocenters. The average molecular weight is 491 g/mol. The van der Waals surface area contributed by atoms with Gasteiger partial charge in [0.25, 0.3) is 5.91 Å². The number of aromatic amines is 1. The van der Waals surface area contributed by atoms with Crippen molar-refractivity contribution in [2.45, 2.75) is 24.6 Å². The summed E-state index contributed by atoms with van der Waals surface area (Å²) in [7, 11) is 2.61. The van der Waals surface area contributed by atoms with Gasteiger partial charge in [0, 0.05) is 33.1 Å². The maximum Gasteiger partial charge on any atom is 0.314 e. The maximum absolute atomic E-state index is 14.2. The molecule has 2 amide bonds. The van der Waals surface area contributed by atoms with Gasteiger partial charge in [0.1, 0.15) is 11.8 Å². The lowest BCUT2D eigenvalue weighted by Gasteiger charge is -2.47. The van der Waals surface area contributed by atoms with Crippen LogP contribution in [0.25, 0.3) is 10.9 Å². The number of carbonyl (C=O) groups is 2. The number of hydrogen-bond donors (Lipinski definition) is 3. The zero-order valence-electron chi connectivity index (χ0n) is 18.1. The SMILES string of the molecule is CN1C(=O)[C@](O)(Cc2ccc(Cl)c(O)c2)N(C)C(=O)[C@@H]1Cc1c[nH]c2ccc(F)c([N+](=O)[O-])c12. The van der Waals surface area contributed by atoms with Crippen molar-refractivity contribution >= 4 is 40.0 Å². The Bertz CT molecular complexity index is 1340. The predicted octanol–water partition coefficient (Wildman–Crippen LogP) is 2.35. The minimum Gasteiger partial charge on any atom is -0.506 e. The van der Waals surface area contributed by atoms with Gasteiger partial charge < -0.3 is 25.0 Å². The first-order valence-electron chi connectivity index (χ1n) is 10.1. The number of hydrogen-bond acceptors (Lipinski definition) is 6. The molecule has 1 saturated heterocycles. The second kappa shape index (κ2) is 8.26. The van der Waals surface area contributed by atoms with Crippen molar-refractivity contribution in [2.24, 2.45) is 0 Å². The van der Waals surface area contributed by atoms with Gasteiger partial charge in [-0.2, -0.15) is 4.39 Å². The summed E-state index contributed by atoms with van der Waals surface area (Å²) in [6.45, 7) is 0. The summed E-state index contributed by atoms with van der Waals surface area (Å²) in [6.07, 6.45) is 0.979. The average Bonchev–Trinajstić information content (AvgIpc) is 3.19. The lowest BCUT2D eigenvalue weighted by Crippen LogP contribution is -2.70. The van der Waals surface area contributed by atoms with Crippen molar-refractivity contribution < 1.29 is 29.1 Å². The van der Waals surface area contributed by atoms with Gasteiger partial charge in [0.15, 0.2) is 0 Å². The monoisotopic (exact) mass is 490 g/mol. The van der Waals surface area contributed by atoms with E-state index in [1.165, 1.54) is 44.6 Å². The number of rotatable bonds is 5. The Morgan fingerprint density at radius 1 is 1.26 bits per heavy atom. The van der Waals surface area contributed by atoms with E-state index in [4.69, 9.17) is 11.6 Å². The standard InChI is InChI=1S/C22H20ClFN4O6/c1-26-16(8-12-10-25-15-6-5-14(24)19(18(12)15)28(33)34)20(30)27(2)22(32,21(26)31)9-11-3-4-13(23)17(29)7-11/h3-7,10,16,25,29,32H,8-9H2,1-2H3/t16-,22+/m0/s1. The van der Waals surface area contributed by atoms with Gasteiger partial charge in [-0.25, -0.2) is 0 Å². The lowest BCUT2D eigenvalue weighted by atomic mass is 9.92. The lowest BCUT2D eigenvalue weighted by molar-refractivity contribution is -0.385. The molecule has 34 heavy (non-hydrogen) atoms. The van der Waals surface area contributed by atoms with Crippen LogP contribution in [0.15, 0.2) is 36.5 Å². The number of nitrogens with zero attached hydrogens (tertiary/aromatic N) is 3. The van der Waals surface area contributed by atoms with Crippen LogP contribution in [-0.4, -0.2) is 67.6 Å². The minimum absolute atomic E-state index is 0.0128. The number of carbonyl (C=O) groups excluding carboxylic acids is 2. The number of aliphatic hydroxyl groups is 1.